The number of ketones is 1. The van der Waals surface area contributed by atoms with Gasteiger partial charge in [-0.05, 0) is 29.8 Å². The van der Waals surface area contributed by atoms with Gasteiger partial charge < -0.3 is 14.2 Å². The maximum atomic E-state index is 12.2. The molecule has 0 aromatic heterocycles. The van der Waals surface area contributed by atoms with E-state index in [4.69, 9.17) is 14.2 Å². The molecule has 0 N–H and O–H groups in total. The maximum Gasteiger partial charge on any atom is 0.231 e. The summed E-state index contributed by atoms with van der Waals surface area (Å²) in [5, 5.41) is 0. The highest BCUT2D eigenvalue weighted by molar-refractivity contribution is 5.99. The molecule has 0 saturated heterocycles. The summed E-state index contributed by atoms with van der Waals surface area (Å²) >= 11 is 0. The Hall–Kier alpha value is -2.49. The first kappa shape index (κ1) is 11.3. The molecule has 0 bridgehead atoms. The zero-order valence-electron chi connectivity index (χ0n) is 10.7. The number of ether oxygens (including phenoxy) is 3. The Morgan fingerprint density at radius 2 is 1.80 bits per heavy atom. The molecule has 20 heavy (non-hydrogen) atoms. The van der Waals surface area contributed by atoms with Crippen molar-refractivity contribution >= 4 is 5.78 Å². The fourth-order valence-electron chi connectivity index (χ4n) is 2.57. The van der Waals surface area contributed by atoms with Crippen LogP contribution < -0.4 is 14.2 Å². The fraction of sp³-hybridized carbons (Fsp3) is 0.188. The monoisotopic (exact) mass is 268 g/mol. The van der Waals surface area contributed by atoms with E-state index in [2.05, 4.69) is 0 Å². The number of hydrogen-bond acceptors (Lipinski definition) is 4. The van der Waals surface area contributed by atoms with E-state index in [0.717, 1.165) is 11.3 Å². The second-order valence-corrected chi connectivity index (χ2v) is 4.84. The number of carbonyl (C=O) groups excluding carboxylic acids is 1. The summed E-state index contributed by atoms with van der Waals surface area (Å²) in [5.74, 6) is 2.19. The van der Waals surface area contributed by atoms with E-state index in [1.165, 1.54) is 0 Å². The first-order chi connectivity index (χ1) is 9.81. The van der Waals surface area contributed by atoms with Crippen molar-refractivity contribution in [1.82, 2.24) is 0 Å². The van der Waals surface area contributed by atoms with Gasteiger partial charge in [-0.2, -0.15) is 0 Å². The van der Waals surface area contributed by atoms with E-state index in [-0.39, 0.29) is 18.7 Å². The van der Waals surface area contributed by atoms with Crippen LogP contribution in [0.3, 0.4) is 0 Å². The van der Waals surface area contributed by atoms with Gasteiger partial charge in [0.05, 0.1) is 12.0 Å². The van der Waals surface area contributed by atoms with E-state index >= 15 is 0 Å². The van der Waals surface area contributed by atoms with Crippen LogP contribution >= 0.6 is 0 Å². The van der Waals surface area contributed by atoms with Gasteiger partial charge in [-0.1, -0.05) is 18.2 Å². The Balaban J connectivity index is 1.69. The zero-order chi connectivity index (χ0) is 13.5. The Morgan fingerprint density at radius 3 is 2.75 bits per heavy atom. The third kappa shape index (κ3) is 1.72. The quantitative estimate of drug-likeness (QED) is 0.797. The summed E-state index contributed by atoms with van der Waals surface area (Å²) in [4.78, 5) is 12.2. The topological polar surface area (TPSA) is 44.8 Å². The molecule has 100 valence electrons. The molecule has 0 saturated carbocycles. The van der Waals surface area contributed by atoms with Gasteiger partial charge in [0.1, 0.15) is 11.9 Å². The second kappa shape index (κ2) is 4.27. The highest BCUT2D eigenvalue weighted by Gasteiger charge is 2.28. The minimum atomic E-state index is -0.271. The van der Waals surface area contributed by atoms with Crippen LogP contribution in [0, 0.1) is 0 Å². The Kier molecular flexibility index (Phi) is 2.42. The Bertz CT molecular complexity index is 693. The summed E-state index contributed by atoms with van der Waals surface area (Å²) in [6, 6.07) is 13.0. The van der Waals surface area contributed by atoms with E-state index in [9.17, 15) is 4.79 Å². The van der Waals surface area contributed by atoms with Gasteiger partial charge >= 0.3 is 0 Å². The highest BCUT2D eigenvalue weighted by Crippen LogP contribution is 2.39. The summed E-state index contributed by atoms with van der Waals surface area (Å²) in [6.07, 6.45) is 0.0725. The molecular formula is C16H12O4. The van der Waals surface area contributed by atoms with Crippen molar-refractivity contribution in [2.24, 2.45) is 0 Å². The number of carbonyl (C=O) groups is 1. The van der Waals surface area contributed by atoms with E-state index < -0.39 is 0 Å². The summed E-state index contributed by atoms with van der Waals surface area (Å²) in [7, 11) is 0. The third-order valence-corrected chi connectivity index (χ3v) is 3.60. The summed E-state index contributed by atoms with van der Waals surface area (Å²) in [6.45, 7) is 0.242. The molecule has 2 aromatic rings. The molecule has 2 heterocycles. The van der Waals surface area contributed by atoms with Crippen molar-refractivity contribution in [1.29, 1.82) is 0 Å². The normalized spacial score (nSPS) is 19.4. The lowest BCUT2D eigenvalue weighted by atomic mass is 9.96. The molecule has 0 fully saturated rings. The average molecular weight is 268 g/mol. The molecule has 0 aliphatic carbocycles. The minimum absolute atomic E-state index is 0.106. The van der Waals surface area contributed by atoms with Crippen LogP contribution in [0.5, 0.6) is 17.2 Å². The fourth-order valence-corrected chi connectivity index (χ4v) is 2.57. The summed E-state index contributed by atoms with van der Waals surface area (Å²) < 4.78 is 16.6. The predicted molar refractivity (Wildman–Crippen MR) is 71.3 cm³/mol. The van der Waals surface area contributed by atoms with Crippen molar-refractivity contribution in [3.63, 3.8) is 0 Å². The van der Waals surface area contributed by atoms with Crippen LogP contribution in [-0.4, -0.2) is 12.6 Å². The van der Waals surface area contributed by atoms with Gasteiger partial charge in [-0.15, -0.1) is 0 Å². The third-order valence-electron chi connectivity index (χ3n) is 3.60. The molecule has 2 aliphatic rings. The van der Waals surface area contributed by atoms with Crippen molar-refractivity contribution in [2.75, 3.05) is 6.79 Å². The number of hydrogen-bond donors (Lipinski definition) is 0. The second-order valence-electron chi connectivity index (χ2n) is 4.84. The largest absolute Gasteiger partial charge is 0.484 e. The van der Waals surface area contributed by atoms with E-state index in [0.29, 0.717) is 23.5 Å². The molecule has 4 rings (SSSR count). The zero-order valence-corrected chi connectivity index (χ0v) is 10.7. The van der Waals surface area contributed by atoms with Gasteiger partial charge in [-0.25, -0.2) is 0 Å². The molecule has 4 heteroatoms. The summed E-state index contributed by atoms with van der Waals surface area (Å²) in [5.41, 5.74) is 1.58. The van der Waals surface area contributed by atoms with Crippen molar-refractivity contribution in [3.8, 4) is 17.2 Å². The molecule has 2 aromatic carbocycles. The van der Waals surface area contributed by atoms with Gasteiger partial charge in [-0.3, -0.25) is 4.79 Å². The number of rotatable bonds is 1. The van der Waals surface area contributed by atoms with Crippen LogP contribution in [0.4, 0.5) is 0 Å². The van der Waals surface area contributed by atoms with Crippen molar-refractivity contribution < 1.29 is 19.0 Å². The van der Waals surface area contributed by atoms with E-state index in [1.54, 1.807) is 6.07 Å². The van der Waals surface area contributed by atoms with Crippen LogP contribution in [0.2, 0.25) is 0 Å². The van der Waals surface area contributed by atoms with Crippen LogP contribution in [-0.2, 0) is 0 Å². The number of Topliss-reactive ketones (excluding diaryl/α,β-unsaturated/α-hetero) is 1. The van der Waals surface area contributed by atoms with Gasteiger partial charge in [0.15, 0.2) is 17.3 Å². The maximum absolute atomic E-state index is 12.2. The number of fused-ring (bicyclic) bond motifs is 2. The minimum Gasteiger partial charge on any atom is -0.484 e. The van der Waals surface area contributed by atoms with Crippen LogP contribution in [0.15, 0.2) is 42.5 Å². The lowest BCUT2D eigenvalue weighted by molar-refractivity contribution is 0.0849. The smallest absolute Gasteiger partial charge is 0.231 e. The Morgan fingerprint density at radius 1 is 0.950 bits per heavy atom. The average Bonchev–Trinajstić information content (AvgIpc) is 2.94. The van der Waals surface area contributed by atoms with Gasteiger partial charge in [0.2, 0.25) is 6.79 Å². The molecular weight excluding hydrogens is 256 g/mol. The standard InChI is InChI=1S/C16H12O4/c17-12-8-15(20-13-4-2-1-3-11(12)13)10-5-6-14-16(7-10)19-9-18-14/h1-7,15H,8-9H2/t15-/m0/s1. The molecule has 0 unspecified atom stereocenters. The van der Waals surface area contributed by atoms with Crippen molar-refractivity contribution in [3.05, 3.63) is 53.6 Å². The lowest BCUT2D eigenvalue weighted by Gasteiger charge is -2.25. The van der Waals surface area contributed by atoms with Crippen molar-refractivity contribution in [2.45, 2.75) is 12.5 Å². The highest BCUT2D eigenvalue weighted by atomic mass is 16.7. The van der Waals surface area contributed by atoms with Crippen LogP contribution in [0.25, 0.3) is 0 Å². The molecule has 0 radical (unpaired) electrons. The first-order valence-corrected chi connectivity index (χ1v) is 6.50. The lowest BCUT2D eigenvalue weighted by Crippen LogP contribution is -2.20. The molecule has 1 atom stereocenters. The molecule has 2 aliphatic heterocycles. The molecule has 0 amide bonds. The van der Waals surface area contributed by atoms with Crippen LogP contribution in [0.1, 0.15) is 28.4 Å². The predicted octanol–water partition coefficient (Wildman–Crippen LogP) is 3.12. The SMILES string of the molecule is O=C1C[C@@H](c2ccc3c(c2)OCO3)Oc2ccccc21. The number of para-hydroxylation sites is 1. The van der Waals surface area contributed by atoms with E-state index in [1.807, 2.05) is 36.4 Å². The molecule has 4 nitrogen and oxygen atoms in total. The van der Waals surface area contributed by atoms with Gasteiger partial charge in [0, 0.05) is 0 Å². The Labute approximate surface area is 115 Å². The van der Waals surface area contributed by atoms with Gasteiger partial charge in [0.25, 0.3) is 0 Å². The first-order valence-electron chi connectivity index (χ1n) is 6.50. The molecule has 0 spiro atoms. The number of benzene rings is 2.